The summed E-state index contributed by atoms with van der Waals surface area (Å²) in [5.41, 5.74) is 13.6. The topological polar surface area (TPSA) is 33.5 Å². The second-order valence-electron chi connectivity index (χ2n) is 20.8. The van der Waals surface area contributed by atoms with Crippen molar-refractivity contribution in [2.75, 3.05) is 16.5 Å². The van der Waals surface area contributed by atoms with Crippen LogP contribution in [0.25, 0.3) is 38.8 Å². The molecule has 0 amide bonds. The first-order valence-electron chi connectivity index (χ1n) is 22.1. The van der Waals surface area contributed by atoms with E-state index in [0.717, 1.165) is 39.6 Å². The lowest BCUT2D eigenvalue weighted by atomic mass is 9.80. The molecule has 0 fully saturated rings. The standard InChI is InChI=1S/C56H64N4O/c1-36(2)46-18-16-19-47(37(3)4)53(46)38-27-42(58-25-26-59(35-58)43-30-40(55(8,9)10)29-41(31-43)56(11,12)13)33-45(28-38)61-44-21-22-49-48-17-14-15-20-50(48)60(51(49)34-44)52-32-39(23-24-57-52)54(5,6)7/h14-34,36-37H,35H2,1-13H3. The average molecular weight is 809 g/mol. The molecule has 61 heavy (non-hydrogen) atoms. The van der Waals surface area contributed by atoms with Crippen molar-refractivity contribution in [2.24, 2.45) is 0 Å². The van der Waals surface area contributed by atoms with Crippen LogP contribution in [-0.4, -0.2) is 16.2 Å². The molecule has 0 unspecified atom stereocenters. The Kier molecular flexibility index (Phi) is 10.7. The Balaban J connectivity index is 1.25. The van der Waals surface area contributed by atoms with Crippen LogP contribution in [0.5, 0.6) is 11.5 Å². The molecule has 314 valence electrons. The zero-order valence-electron chi connectivity index (χ0n) is 38.7. The van der Waals surface area contributed by atoms with Gasteiger partial charge in [0.1, 0.15) is 17.3 Å². The minimum atomic E-state index is -0.00947. The normalized spacial score (nSPS) is 13.8. The number of hydrogen-bond donors (Lipinski definition) is 0. The highest BCUT2D eigenvalue weighted by Crippen LogP contribution is 2.43. The van der Waals surface area contributed by atoms with Gasteiger partial charge in [-0.05, 0) is 122 Å². The molecule has 7 aromatic rings. The molecule has 1 aliphatic heterocycles. The summed E-state index contributed by atoms with van der Waals surface area (Å²) < 4.78 is 9.32. The number of pyridine rings is 1. The van der Waals surface area contributed by atoms with Gasteiger partial charge in [-0.25, -0.2) is 4.98 Å². The number of hydrogen-bond acceptors (Lipinski definition) is 4. The Morgan fingerprint density at radius 1 is 0.525 bits per heavy atom. The second-order valence-corrected chi connectivity index (χ2v) is 20.8. The molecule has 5 aromatic carbocycles. The van der Waals surface area contributed by atoms with Crippen LogP contribution in [-0.2, 0) is 16.2 Å². The number of fused-ring (bicyclic) bond motifs is 3. The summed E-state index contributed by atoms with van der Waals surface area (Å²) in [6, 6.07) is 40.2. The van der Waals surface area contributed by atoms with Gasteiger partial charge in [0.25, 0.3) is 0 Å². The molecule has 1 aliphatic rings. The lowest BCUT2D eigenvalue weighted by molar-refractivity contribution is 0.483. The largest absolute Gasteiger partial charge is 0.457 e. The number of aromatic nitrogens is 2. The molecule has 0 saturated carbocycles. The number of benzene rings is 5. The Labute approximate surface area is 364 Å². The Morgan fingerprint density at radius 2 is 1.11 bits per heavy atom. The van der Waals surface area contributed by atoms with Crippen molar-refractivity contribution in [3.8, 4) is 28.4 Å². The molecule has 0 saturated heterocycles. The first-order valence-corrected chi connectivity index (χ1v) is 22.1. The van der Waals surface area contributed by atoms with E-state index < -0.39 is 0 Å². The molecule has 8 rings (SSSR count). The number of nitrogens with zero attached hydrogens (tertiary/aromatic N) is 4. The van der Waals surface area contributed by atoms with Crippen molar-refractivity contribution >= 4 is 33.2 Å². The molecule has 0 aliphatic carbocycles. The van der Waals surface area contributed by atoms with Crippen molar-refractivity contribution < 1.29 is 4.74 Å². The molecule has 5 heteroatoms. The maximum absolute atomic E-state index is 7.03. The molecule has 0 spiro atoms. The zero-order chi connectivity index (χ0) is 43.6. The van der Waals surface area contributed by atoms with E-state index >= 15 is 0 Å². The first-order chi connectivity index (χ1) is 28.8. The van der Waals surface area contributed by atoms with Gasteiger partial charge in [-0.3, -0.25) is 4.57 Å². The van der Waals surface area contributed by atoms with Crippen molar-refractivity contribution in [3.05, 3.63) is 156 Å². The fourth-order valence-corrected chi connectivity index (χ4v) is 8.64. The third kappa shape index (κ3) is 8.32. The van der Waals surface area contributed by atoms with Gasteiger partial charge in [-0.1, -0.05) is 132 Å². The third-order valence-electron chi connectivity index (χ3n) is 12.3. The molecule has 5 nitrogen and oxygen atoms in total. The van der Waals surface area contributed by atoms with Crippen LogP contribution in [0.3, 0.4) is 0 Å². The third-order valence-corrected chi connectivity index (χ3v) is 12.3. The minimum Gasteiger partial charge on any atom is -0.457 e. The van der Waals surface area contributed by atoms with Gasteiger partial charge in [0.15, 0.2) is 0 Å². The minimum absolute atomic E-state index is 0.00947. The molecule has 3 heterocycles. The van der Waals surface area contributed by atoms with E-state index in [-0.39, 0.29) is 16.2 Å². The monoisotopic (exact) mass is 809 g/mol. The van der Waals surface area contributed by atoms with Gasteiger partial charge in [-0.15, -0.1) is 0 Å². The van der Waals surface area contributed by atoms with Gasteiger partial charge in [-0.2, -0.15) is 0 Å². The Bertz CT molecular complexity index is 2720. The quantitative estimate of drug-likeness (QED) is 0.153. The molecular formula is C56H64N4O. The summed E-state index contributed by atoms with van der Waals surface area (Å²) in [7, 11) is 0. The van der Waals surface area contributed by atoms with Crippen LogP contribution in [0.4, 0.5) is 11.4 Å². The average Bonchev–Trinajstić information content (AvgIpc) is 3.83. The van der Waals surface area contributed by atoms with E-state index in [1.165, 1.54) is 49.8 Å². The van der Waals surface area contributed by atoms with Gasteiger partial charge in [0.05, 0.1) is 17.7 Å². The van der Waals surface area contributed by atoms with Crippen LogP contribution >= 0.6 is 0 Å². The molecule has 0 atom stereocenters. The van der Waals surface area contributed by atoms with E-state index in [1.807, 2.05) is 6.20 Å². The van der Waals surface area contributed by atoms with E-state index in [2.05, 4.69) is 226 Å². The maximum atomic E-state index is 7.03. The van der Waals surface area contributed by atoms with E-state index in [1.54, 1.807) is 0 Å². The van der Waals surface area contributed by atoms with E-state index in [0.29, 0.717) is 18.5 Å². The van der Waals surface area contributed by atoms with Crippen molar-refractivity contribution in [1.82, 2.24) is 9.55 Å². The number of rotatable bonds is 8. The fraction of sp³-hybridized carbons (Fsp3) is 0.339. The van der Waals surface area contributed by atoms with Gasteiger partial charge < -0.3 is 14.5 Å². The molecule has 0 radical (unpaired) electrons. The molecule has 0 N–H and O–H groups in total. The Hall–Kier alpha value is -5.81. The van der Waals surface area contributed by atoms with Crippen LogP contribution in [0.2, 0.25) is 0 Å². The fourth-order valence-electron chi connectivity index (χ4n) is 8.64. The summed E-state index contributed by atoms with van der Waals surface area (Å²) in [5.74, 6) is 3.18. The first kappa shape index (κ1) is 41.9. The predicted octanol–water partition coefficient (Wildman–Crippen LogP) is 15.5. The summed E-state index contributed by atoms with van der Waals surface area (Å²) >= 11 is 0. The van der Waals surface area contributed by atoms with Crippen molar-refractivity contribution in [3.63, 3.8) is 0 Å². The van der Waals surface area contributed by atoms with Crippen LogP contribution in [0.1, 0.15) is 130 Å². The number of ether oxygens (including phenoxy) is 1. The summed E-state index contributed by atoms with van der Waals surface area (Å²) in [6.45, 7) is 30.4. The molecule has 0 bridgehead atoms. The summed E-state index contributed by atoms with van der Waals surface area (Å²) in [6.07, 6.45) is 6.37. The van der Waals surface area contributed by atoms with Gasteiger partial charge in [0, 0.05) is 52.9 Å². The zero-order valence-corrected chi connectivity index (χ0v) is 38.7. The highest BCUT2D eigenvalue weighted by molar-refractivity contribution is 6.09. The second kappa shape index (κ2) is 15.6. The van der Waals surface area contributed by atoms with Crippen LogP contribution in [0, 0.1) is 0 Å². The van der Waals surface area contributed by atoms with E-state index in [9.17, 15) is 0 Å². The lowest BCUT2D eigenvalue weighted by Crippen LogP contribution is -2.26. The smallest absolute Gasteiger partial charge is 0.137 e. The Morgan fingerprint density at radius 3 is 1.72 bits per heavy atom. The van der Waals surface area contributed by atoms with Crippen molar-refractivity contribution in [2.45, 2.75) is 118 Å². The van der Waals surface area contributed by atoms with Crippen LogP contribution < -0.4 is 14.5 Å². The summed E-state index contributed by atoms with van der Waals surface area (Å²) in [5, 5.41) is 2.36. The summed E-state index contributed by atoms with van der Waals surface area (Å²) in [4.78, 5) is 9.64. The SMILES string of the molecule is CC(C)c1cccc(C(C)C)c1-c1cc(Oc2ccc3c4ccccc4n(-c4cc(C(C)(C)C)ccn4)c3c2)cc(N2C=CN(c3cc(C(C)(C)C)cc(C(C)(C)C)c3)C2)c1. The van der Waals surface area contributed by atoms with Gasteiger partial charge >= 0.3 is 0 Å². The van der Waals surface area contributed by atoms with Gasteiger partial charge in [0.2, 0.25) is 0 Å². The molecule has 2 aromatic heterocycles. The highest BCUT2D eigenvalue weighted by atomic mass is 16.5. The highest BCUT2D eigenvalue weighted by Gasteiger charge is 2.26. The predicted molar refractivity (Wildman–Crippen MR) is 260 cm³/mol. The lowest BCUT2D eigenvalue weighted by Gasteiger charge is -2.29. The van der Waals surface area contributed by atoms with Crippen molar-refractivity contribution in [1.29, 1.82) is 0 Å². The van der Waals surface area contributed by atoms with E-state index in [4.69, 9.17) is 9.72 Å². The molecular weight excluding hydrogens is 745 g/mol. The number of anilines is 2. The van der Waals surface area contributed by atoms with Crippen LogP contribution in [0.15, 0.2) is 128 Å². The maximum Gasteiger partial charge on any atom is 0.137 e. The number of para-hydroxylation sites is 1.